The number of carbonyl (C=O) groups is 2. The molecule has 1 spiro atoms. The number of rotatable bonds is 6. The van der Waals surface area contributed by atoms with Gasteiger partial charge in [-0.15, -0.1) is 0 Å². The summed E-state index contributed by atoms with van der Waals surface area (Å²) in [7, 11) is 2.98. The molecule has 1 atom stereocenters. The lowest BCUT2D eigenvalue weighted by molar-refractivity contribution is -0.161. The lowest BCUT2D eigenvalue weighted by Gasteiger charge is -2.61. The number of methoxy groups -OCH3 is 1. The van der Waals surface area contributed by atoms with Crippen LogP contribution in [0.25, 0.3) is 22.4 Å². The van der Waals surface area contributed by atoms with E-state index in [0.29, 0.717) is 17.1 Å². The second-order valence-electron chi connectivity index (χ2n) is 12.9. The second-order valence-corrected chi connectivity index (χ2v) is 13.3. The van der Waals surface area contributed by atoms with E-state index in [4.69, 9.17) is 21.3 Å². The average molecular weight is 675 g/mol. The van der Waals surface area contributed by atoms with Gasteiger partial charge in [0.2, 0.25) is 11.8 Å². The standard InChI is InChI=1S/C35H33ClF2N6O4/c1-18-25(40-32(46)22-11-12-39-42(3)34(22)47)9-8-23(37)28(18)30-24(38)7-6-21(31(30)36)26-13-20-5-10-27(29(20)33(41-26)48-4)44-16-35(17-44)14-43(15-35)19(2)45/h6-9,11-13,27H,5,10,14-17H2,1-4H3,(H,40,46). The number of ether oxygens (including phenoxy) is 1. The number of amides is 2. The molecule has 2 amide bonds. The number of carbonyl (C=O) groups excluding carboxylic acids is 2. The number of aryl methyl sites for hydroxylation is 2. The van der Waals surface area contributed by atoms with Crippen molar-refractivity contribution >= 4 is 29.1 Å². The highest BCUT2D eigenvalue weighted by molar-refractivity contribution is 6.36. The van der Waals surface area contributed by atoms with Gasteiger partial charge in [0, 0.05) is 85.7 Å². The van der Waals surface area contributed by atoms with Crippen LogP contribution in [0, 0.1) is 24.0 Å². The van der Waals surface area contributed by atoms with Gasteiger partial charge in [-0.25, -0.2) is 18.4 Å². The predicted octanol–water partition coefficient (Wildman–Crippen LogP) is 5.16. The predicted molar refractivity (Wildman–Crippen MR) is 176 cm³/mol. The third kappa shape index (κ3) is 5.14. The molecule has 2 fully saturated rings. The molecule has 4 heterocycles. The van der Waals surface area contributed by atoms with Crippen molar-refractivity contribution in [2.75, 3.05) is 38.6 Å². The minimum Gasteiger partial charge on any atom is -0.481 e. The van der Waals surface area contributed by atoms with E-state index in [1.807, 2.05) is 11.0 Å². The monoisotopic (exact) mass is 674 g/mol. The summed E-state index contributed by atoms with van der Waals surface area (Å²) in [5, 5.41) is 6.42. The van der Waals surface area contributed by atoms with Gasteiger partial charge >= 0.3 is 0 Å². The van der Waals surface area contributed by atoms with Gasteiger partial charge in [0.15, 0.2) is 0 Å². The summed E-state index contributed by atoms with van der Waals surface area (Å²) in [4.78, 5) is 46.2. The number of likely N-dealkylation sites (tertiary alicyclic amines) is 2. The van der Waals surface area contributed by atoms with Crippen LogP contribution >= 0.6 is 11.6 Å². The van der Waals surface area contributed by atoms with Crippen molar-refractivity contribution in [2.45, 2.75) is 32.7 Å². The minimum atomic E-state index is -0.753. The van der Waals surface area contributed by atoms with E-state index in [2.05, 4.69) is 15.3 Å². The molecule has 2 saturated heterocycles. The average Bonchev–Trinajstić information content (AvgIpc) is 3.43. The first-order valence-electron chi connectivity index (χ1n) is 15.6. The zero-order valence-corrected chi connectivity index (χ0v) is 27.6. The molecule has 1 aliphatic carbocycles. The molecule has 0 bridgehead atoms. The van der Waals surface area contributed by atoms with Gasteiger partial charge in [-0.1, -0.05) is 11.6 Å². The summed E-state index contributed by atoms with van der Waals surface area (Å²) >= 11 is 6.90. The fourth-order valence-electron chi connectivity index (χ4n) is 7.43. The Labute approximate surface area is 280 Å². The molecule has 0 radical (unpaired) electrons. The van der Waals surface area contributed by atoms with Crippen molar-refractivity contribution in [3.8, 4) is 28.3 Å². The van der Waals surface area contributed by atoms with Crippen LogP contribution in [0.4, 0.5) is 14.5 Å². The number of nitrogens with one attached hydrogen (secondary N) is 1. The smallest absolute Gasteiger partial charge is 0.279 e. The number of halogens is 3. The molecule has 10 nitrogen and oxygen atoms in total. The van der Waals surface area contributed by atoms with Gasteiger partial charge in [0.25, 0.3) is 11.5 Å². The number of benzene rings is 2. The zero-order chi connectivity index (χ0) is 34.1. The van der Waals surface area contributed by atoms with Crippen molar-refractivity contribution in [1.29, 1.82) is 0 Å². The maximum Gasteiger partial charge on any atom is 0.279 e. The second kappa shape index (κ2) is 11.8. The van der Waals surface area contributed by atoms with Gasteiger partial charge in [-0.2, -0.15) is 5.10 Å². The van der Waals surface area contributed by atoms with Crippen molar-refractivity contribution in [3.05, 3.63) is 91.9 Å². The number of anilines is 1. The molecular weight excluding hydrogens is 642 g/mol. The highest BCUT2D eigenvalue weighted by Gasteiger charge is 2.55. The van der Waals surface area contributed by atoms with Gasteiger partial charge in [0.1, 0.15) is 17.2 Å². The topological polar surface area (TPSA) is 110 Å². The number of pyridine rings is 1. The Morgan fingerprint density at radius 1 is 1.06 bits per heavy atom. The third-order valence-electron chi connectivity index (χ3n) is 9.87. The van der Waals surface area contributed by atoms with Crippen LogP contribution < -0.4 is 15.6 Å². The maximum atomic E-state index is 15.6. The molecule has 13 heteroatoms. The van der Waals surface area contributed by atoms with Crippen LogP contribution in [0.5, 0.6) is 5.88 Å². The molecule has 1 unspecified atom stereocenters. The maximum absolute atomic E-state index is 15.6. The van der Waals surface area contributed by atoms with E-state index in [1.54, 1.807) is 21.0 Å². The van der Waals surface area contributed by atoms with Crippen molar-refractivity contribution in [1.82, 2.24) is 24.6 Å². The molecule has 48 heavy (non-hydrogen) atoms. The van der Waals surface area contributed by atoms with Gasteiger partial charge in [-0.3, -0.25) is 19.3 Å². The van der Waals surface area contributed by atoms with E-state index in [9.17, 15) is 14.4 Å². The van der Waals surface area contributed by atoms with Crippen molar-refractivity contribution in [3.63, 3.8) is 0 Å². The molecule has 3 aliphatic rings. The minimum absolute atomic E-state index is 0.0442. The Bertz CT molecular complexity index is 2070. The molecule has 2 aliphatic heterocycles. The molecule has 0 saturated carbocycles. The number of hydrogen-bond acceptors (Lipinski definition) is 7. The summed E-state index contributed by atoms with van der Waals surface area (Å²) in [6.45, 7) is 6.53. The zero-order valence-electron chi connectivity index (χ0n) is 26.9. The van der Waals surface area contributed by atoms with Crippen LogP contribution in [0.3, 0.4) is 0 Å². The highest BCUT2D eigenvalue weighted by atomic mass is 35.5. The van der Waals surface area contributed by atoms with Crippen LogP contribution in [0.2, 0.25) is 5.02 Å². The Morgan fingerprint density at radius 3 is 2.48 bits per heavy atom. The van der Waals surface area contributed by atoms with Gasteiger partial charge in [-0.05, 0) is 67.3 Å². The largest absolute Gasteiger partial charge is 0.481 e. The number of fused-ring (bicyclic) bond motifs is 1. The lowest BCUT2D eigenvalue weighted by atomic mass is 9.72. The first-order chi connectivity index (χ1) is 22.9. The van der Waals surface area contributed by atoms with Gasteiger partial charge < -0.3 is 15.0 Å². The number of nitrogens with zero attached hydrogens (tertiary/aromatic N) is 5. The highest BCUT2D eigenvalue weighted by Crippen LogP contribution is 2.50. The molecule has 4 aromatic rings. The van der Waals surface area contributed by atoms with Crippen LogP contribution in [-0.2, 0) is 18.3 Å². The van der Waals surface area contributed by atoms with E-state index in [0.717, 1.165) is 60.9 Å². The van der Waals surface area contributed by atoms with E-state index in [1.165, 1.54) is 37.5 Å². The lowest BCUT2D eigenvalue weighted by Crippen LogP contribution is -2.72. The SMILES string of the molecule is COc1nc(-c2ccc(F)c(-c3c(F)ccc(NC(=O)c4ccnn(C)c4=O)c3C)c2Cl)cc2c1C(N1CC3(CN(C(C)=O)C3)C1)CC2. The summed E-state index contributed by atoms with van der Waals surface area (Å²) < 4.78 is 38.0. The van der Waals surface area contributed by atoms with Gasteiger partial charge in [0.05, 0.1) is 17.8 Å². The first kappa shape index (κ1) is 31.9. The number of hydrogen-bond donors (Lipinski definition) is 1. The van der Waals surface area contributed by atoms with Crippen molar-refractivity contribution in [2.24, 2.45) is 12.5 Å². The summed E-state index contributed by atoms with van der Waals surface area (Å²) in [6.07, 6.45) is 3.00. The normalized spacial score (nSPS) is 17.9. The van der Waals surface area contributed by atoms with Crippen LogP contribution in [0.1, 0.15) is 46.4 Å². The third-order valence-corrected chi connectivity index (χ3v) is 10.3. The quantitative estimate of drug-likeness (QED) is 0.301. The Balaban J connectivity index is 1.21. The summed E-state index contributed by atoms with van der Waals surface area (Å²) in [5.41, 5.74) is 2.44. The summed E-state index contributed by atoms with van der Waals surface area (Å²) in [6, 6.07) is 8.55. The fraction of sp³-hybridized carbons (Fsp3) is 0.343. The van der Waals surface area contributed by atoms with E-state index < -0.39 is 23.1 Å². The molecule has 2 aromatic heterocycles. The Hall–Kier alpha value is -4.68. The van der Waals surface area contributed by atoms with Crippen LogP contribution in [-0.4, -0.2) is 69.7 Å². The Morgan fingerprint density at radius 2 is 1.77 bits per heavy atom. The van der Waals surface area contributed by atoms with Crippen LogP contribution in [0.15, 0.2) is 47.4 Å². The molecular formula is C35H33ClF2N6O4. The number of aromatic nitrogens is 3. The molecule has 1 N–H and O–H groups in total. The first-order valence-corrected chi connectivity index (χ1v) is 16.0. The molecule has 2 aromatic carbocycles. The van der Waals surface area contributed by atoms with E-state index >= 15 is 8.78 Å². The molecule has 7 rings (SSSR count). The van der Waals surface area contributed by atoms with Crippen molar-refractivity contribution < 1.29 is 23.1 Å². The van der Waals surface area contributed by atoms with E-state index in [-0.39, 0.29) is 50.3 Å². The Kier molecular flexibility index (Phi) is 7.83. The summed E-state index contributed by atoms with van der Waals surface area (Å²) in [5.74, 6) is -1.64. The fourth-order valence-corrected chi connectivity index (χ4v) is 7.78. The molecule has 248 valence electrons.